The van der Waals surface area contributed by atoms with Crippen LogP contribution in [0.25, 0.3) is 16.6 Å². The zero-order valence-corrected chi connectivity index (χ0v) is 15.4. The Labute approximate surface area is 150 Å². The Bertz CT molecular complexity index is 927. The van der Waals surface area contributed by atoms with Crippen LogP contribution in [-0.4, -0.2) is 22.3 Å². The minimum Gasteiger partial charge on any atom is -0.324 e. The van der Waals surface area contributed by atoms with E-state index in [1.807, 2.05) is 25.1 Å². The highest BCUT2D eigenvalue weighted by atomic mass is 32.2. The predicted octanol–water partition coefficient (Wildman–Crippen LogP) is 3.56. The van der Waals surface area contributed by atoms with Crippen LogP contribution >= 0.6 is 10.7 Å². The molecule has 3 rings (SSSR count). The third kappa shape index (κ3) is 3.60. The van der Waals surface area contributed by atoms with Crippen molar-refractivity contribution in [2.75, 3.05) is 10.6 Å². The highest BCUT2D eigenvalue weighted by Crippen LogP contribution is 2.30. The summed E-state index contributed by atoms with van der Waals surface area (Å²) in [5.41, 5.74) is 8.69. The first kappa shape index (κ1) is 17.3. The molecular formula is C19H23N5S. The van der Waals surface area contributed by atoms with Crippen LogP contribution in [0.15, 0.2) is 49.0 Å². The number of aromatic amines is 1. The summed E-state index contributed by atoms with van der Waals surface area (Å²) in [5, 5.41) is 8.49. The van der Waals surface area contributed by atoms with Gasteiger partial charge in [0, 0.05) is 22.5 Å². The molecule has 0 saturated carbocycles. The molecule has 0 amide bonds. The van der Waals surface area contributed by atoms with E-state index in [1.54, 1.807) is 0 Å². The fourth-order valence-corrected chi connectivity index (χ4v) is 3.57. The molecule has 0 aliphatic heterocycles. The third-order valence-corrected chi connectivity index (χ3v) is 5.29. The number of aryl methyl sites for hydroxylation is 1. The van der Waals surface area contributed by atoms with Crippen LogP contribution in [0.1, 0.15) is 16.8 Å². The number of hydrogen-bond donors (Lipinski definition) is 3. The second-order valence-corrected chi connectivity index (χ2v) is 7.65. The van der Waals surface area contributed by atoms with E-state index in [4.69, 9.17) is 5.84 Å². The van der Waals surface area contributed by atoms with Gasteiger partial charge < -0.3 is 9.73 Å². The average Bonchev–Trinajstić information content (AvgIpc) is 2.99. The van der Waals surface area contributed by atoms with Crippen molar-refractivity contribution in [3.05, 3.63) is 65.9 Å². The van der Waals surface area contributed by atoms with Gasteiger partial charge in [0.05, 0.1) is 12.1 Å². The monoisotopic (exact) mass is 353 g/mol. The van der Waals surface area contributed by atoms with Crippen molar-refractivity contribution >= 4 is 38.8 Å². The smallest absolute Gasteiger partial charge is 0.0925 e. The molecule has 0 bridgehead atoms. The summed E-state index contributed by atoms with van der Waals surface area (Å²) in [5.74, 6) is 9.66. The van der Waals surface area contributed by atoms with Gasteiger partial charge in [-0.2, -0.15) is 5.10 Å². The largest absolute Gasteiger partial charge is 0.324 e. The maximum atomic E-state index is 5.41. The van der Waals surface area contributed by atoms with Crippen LogP contribution in [0.3, 0.4) is 0 Å². The first-order valence-corrected chi connectivity index (χ1v) is 9.68. The number of nitrogens with one attached hydrogen (secondary N) is 2. The minimum atomic E-state index is -0.155. The summed E-state index contributed by atoms with van der Waals surface area (Å²) >= 11 is 0. The lowest BCUT2D eigenvalue weighted by atomic mass is 10.1. The van der Waals surface area contributed by atoms with Gasteiger partial charge in [0.1, 0.15) is 0 Å². The van der Waals surface area contributed by atoms with Gasteiger partial charge >= 0.3 is 0 Å². The molecule has 0 radical (unpaired) electrons. The zero-order chi connectivity index (χ0) is 18.0. The van der Waals surface area contributed by atoms with Crippen LogP contribution in [-0.2, 0) is 6.54 Å². The molecule has 4 N–H and O–H groups in total. The molecule has 0 spiro atoms. The highest BCUT2D eigenvalue weighted by molar-refractivity contribution is 8.14. The van der Waals surface area contributed by atoms with Crippen molar-refractivity contribution in [1.82, 2.24) is 15.6 Å². The van der Waals surface area contributed by atoms with Crippen LogP contribution in [0.5, 0.6) is 0 Å². The number of aromatic nitrogens is 2. The van der Waals surface area contributed by atoms with Crippen molar-refractivity contribution in [3.63, 3.8) is 0 Å². The number of nitrogens with zero attached hydrogens (tertiary/aromatic N) is 2. The summed E-state index contributed by atoms with van der Waals surface area (Å²) in [4.78, 5) is 0. The molecule has 6 heteroatoms. The predicted molar refractivity (Wildman–Crippen MR) is 110 cm³/mol. The van der Waals surface area contributed by atoms with Crippen molar-refractivity contribution < 1.29 is 0 Å². The van der Waals surface area contributed by atoms with Gasteiger partial charge in [-0.3, -0.25) is 10.9 Å². The quantitative estimate of drug-likeness (QED) is 0.360. The van der Waals surface area contributed by atoms with Crippen molar-refractivity contribution in [3.8, 4) is 0 Å². The SMILES string of the molecule is C=C(NN)c1ccc(CN(c2ccc3n[nH]c(C)c3c2)S(=C)C)cc1. The number of nitrogens with two attached hydrogens (primary N) is 1. The summed E-state index contributed by atoms with van der Waals surface area (Å²) in [6.07, 6.45) is 2.13. The van der Waals surface area contributed by atoms with Gasteiger partial charge in [0.2, 0.25) is 0 Å². The van der Waals surface area contributed by atoms with E-state index in [0.29, 0.717) is 5.70 Å². The maximum absolute atomic E-state index is 5.41. The van der Waals surface area contributed by atoms with Gasteiger partial charge in [-0.25, -0.2) is 0 Å². The highest BCUT2D eigenvalue weighted by Gasteiger charge is 2.11. The summed E-state index contributed by atoms with van der Waals surface area (Å²) in [7, 11) is -0.155. The standard InChI is InChI=1S/C19H23N5S/c1-13(21-20)16-7-5-15(6-8-16)12-24(25(3)4)17-9-10-19-18(11-17)14(2)22-23-19/h5-11,21H,1,3,12,20H2,2,4H3,(H,22,23). The molecule has 5 nitrogen and oxygen atoms in total. The van der Waals surface area contributed by atoms with E-state index in [9.17, 15) is 0 Å². The second kappa shape index (κ2) is 7.13. The molecular weight excluding hydrogens is 330 g/mol. The average molecular weight is 353 g/mol. The topological polar surface area (TPSA) is 70.0 Å². The van der Waals surface area contributed by atoms with E-state index in [2.05, 4.69) is 62.9 Å². The van der Waals surface area contributed by atoms with Gasteiger partial charge in [0.15, 0.2) is 0 Å². The fourth-order valence-electron chi connectivity index (χ4n) is 2.72. The Hall–Kier alpha value is -2.57. The molecule has 0 aliphatic carbocycles. The Balaban J connectivity index is 1.89. The van der Waals surface area contributed by atoms with Crippen LogP contribution in [0.2, 0.25) is 0 Å². The molecule has 2 aromatic carbocycles. The lowest BCUT2D eigenvalue weighted by Gasteiger charge is -2.26. The molecule has 0 aliphatic rings. The molecule has 130 valence electrons. The van der Waals surface area contributed by atoms with Crippen LogP contribution < -0.4 is 15.6 Å². The molecule has 3 aromatic rings. The number of rotatable bonds is 6. The maximum Gasteiger partial charge on any atom is 0.0925 e. The zero-order valence-electron chi connectivity index (χ0n) is 14.5. The normalized spacial score (nSPS) is 12.1. The Morgan fingerprint density at radius 3 is 2.64 bits per heavy atom. The molecule has 0 fully saturated rings. The number of H-pyrrole nitrogens is 1. The molecule has 0 saturated heterocycles. The van der Waals surface area contributed by atoms with E-state index in [-0.39, 0.29) is 10.7 Å². The lowest BCUT2D eigenvalue weighted by Crippen LogP contribution is -2.19. The Morgan fingerprint density at radius 2 is 2.00 bits per heavy atom. The van der Waals surface area contributed by atoms with Gasteiger partial charge in [-0.05, 0) is 42.5 Å². The van der Waals surface area contributed by atoms with Gasteiger partial charge in [-0.15, -0.1) is 10.7 Å². The lowest BCUT2D eigenvalue weighted by molar-refractivity contribution is 0.993. The van der Waals surface area contributed by atoms with Gasteiger partial charge in [-0.1, -0.05) is 36.7 Å². The first-order chi connectivity index (χ1) is 12.0. The molecule has 25 heavy (non-hydrogen) atoms. The number of hydrogen-bond acceptors (Lipinski definition) is 4. The van der Waals surface area contributed by atoms with E-state index >= 15 is 0 Å². The third-order valence-electron chi connectivity index (χ3n) is 4.20. The van der Waals surface area contributed by atoms with Gasteiger partial charge in [0.25, 0.3) is 0 Å². The summed E-state index contributed by atoms with van der Waals surface area (Å²) in [6.45, 7) is 6.70. The number of fused-ring (bicyclic) bond motifs is 1. The van der Waals surface area contributed by atoms with E-state index < -0.39 is 0 Å². The number of benzene rings is 2. The first-order valence-electron chi connectivity index (χ1n) is 7.92. The van der Waals surface area contributed by atoms with Crippen molar-refractivity contribution in [2.24, 2.45) is 5.84 Å². The minimum absolute atomic E-state index is 0.155. The van der Waals surface area contributed by atoms with Crippen LogP contribution in [0, 0.1) is 6.92 Å². The molecule has 1 aromatic heterocycles. The molecule has 1 heterocycles. The summed E-state index contributed by atoms with van der Waals surface area (Å²) < 4.78 is 2.30. The Kier molecular flexibility index (Phi) is 4.92. The fraction of sp³-hybridized carbons (Fsp3) is 0.158. The summed E-state index contributed by atoms with van der Waals surface area (Å²) in [6, 6.07) is 14.6. The molecule has 1 atom stereocenters. The number of anilines is 1. The van der Waals surface area contributed by atoms with Crippen molar-refractivity contribution in [1.29, 1.82) is 0 Å². The van der Waals surface area contributed by atoms with E-state index in [1.165, 1.54) is 5.56 Å². The van der Waals surface area contributed by atoms with Crippen LogP contribution in [0.4, 0.5) is 5.69 Å². The second-order valence-electron chi connectivity index (χ2n) is 6.01. The van der Waals surface area contributed by atoms with E-state index in [0.717, 1.165) is 34.4 Å². The number of hydrazine groups is 1. The Morgan fingerprint density at radius 1 is 1.28 bits per heavy atom. The van der Waals surface area contributed by atoms with Crippen molar-refractivity contribution in [2.45, 2.75) is 13.5 Å². The molecule has 1 unspecified atom stereocenters.